The van der Waals surface area contributed by atoms with E-state index in [0.717, 1.165) is 16.7 Å². The number of nitrogens with one attached hydrogen (secondary N) is 1. The minimum atomic E-state index is -0.950. The molecule has 4 nitrogen and oxygen atoms in total. The van der Waals surface area contributed by atoms with E-state index in [-0.39, 0.29) is 17.7 Å². The van der Waals surface area contributed by atoms with Crippen LogP contribution in [0.1, 0.15) is 60.3 Å². The van der Waals surface area contributed by atoms with Gasteiger partial charge in [-0.1, -0.05) is 62.7 Å². The number of hydrogen-bond acceptors (Lipinski definition) is 2. The molecule has 0 aromatic heterocycles. The molecule has 4 heteroatoms. The Balaban J connectivity index is 2.24. The van der Waals surface area contributed by atoms with Crippen LogP contribution in [0.2, 0.25) is 0 Å². The highest BCUT2D eigenvalue weighted by molar-refractivity contribution is 5.94. The van der Waals surface area contributed by atoms with Gasteiger partial charge in [0, 0.05) is 5.56 Å². The average molecular weight is 339 g/mol. The van der Waals surface area contributed by atoms with Gasteiger partial charge in [0.2, 0.25) is 0 Å². The molecule has 0 bridgehead atoms. The Kier molecular flexibility index (Phi) is 5.62. The molecule has 0 heterocycles. The summed E-state index contributed by atoms with van der Waals surface area (Å²) in [7, 11) is 0. The normalized spacial score (nSPS) is 12.5. The lowest BCUT2D eigenvalue weighted by Crippen LogP contribution is -2.30. The smallest absolute Gasteiger partial charge is 0.305 e. The monoisotopic (exact) mass is 339 g/mol. The summed E-state index contributed by atoms with van der Waals surface area (Å²) in [5.74, 6) is -1.22. The molecule has 0 saturated heterocycles. The fourth-order valence-corrected chi connectivity index (χ4v) is 2.67. The van der Waals surface area contributed by atoms with Gasteiger partial charge in [0.15, 0.2) is 0 Å². The molecular weight excluding hydrogens is 314 g/mol. The fourth-order valence-electron chi connectivity index (χ4n) is 2.67. The van der Waals surface area contributed by atoms with Gasteiger partial charge in [0.25, 0.3) is 5.91 Å². The molecule has 2 N–H and O–H groups in total. The Morgan fingerprint density at radius 2 is 1.72 bits per heavy atom. The van der Waals surface area contributed by atoms with Gasteiger partial charge in [-0.15, -0.1) is 0 Å². The van der Waals surface area contributed by atoms with Gasteiger partial charge in [-0.05, 0) is 35.6 Å². The molecule has 1 atom stereocenters. The van der Waals surface area contributed by atoms with Crippen molar-refractivity contribution < 1.29 is 14.7 Å². The zero-order chi connectivity index (χ0) is 18.6. The SMILES string of the molecule is Cc1cccc(C(=O)N[C@H](CC(=O)O)c2ccc(C(C)(C)C)cc2)c1. The molecule has 0 saturated carbocycles. The van der Waals surface area contributed by atoms with E-state index in [0.29, 0.717) is 5.56 Å². The quantitative estimate of drug-likeness (QED) is 0.856. The highest BCUT2D eigenvalue weighted by Gasteiger charge is 2.20. The third kappa shape index (κ3) is 5.18. The summed E-state index contributed by atoms with van der Waals surface area (Å²) in [5, 5.41) is 12.1. The first-order valence-corrected chi connectivity index (χ1v) is 8.36. The molecule has 0 radical (unpaired) electrons. The van der Waals surface area contributed by atoms with Crippen molar-refractivity contribution in [3.05, 3.63) is 70.8 Å². The summed E-state index contributed by atoms with van der Waals surface area (Å²) in [6, 6.07) is 14.4. The Labute approximate surface area is 148 Å². The van der Waals surface area contributed by atoms with Crippen molar-refractivity contribution in [2.24, 2.45) is 0 Å². The van der Waals surface area contributed by atoms with Gasteiger partial charge in [-0.3, -0.25) is 9.59 Å². The number of rotatable bonds is 5. The standard InChI is InChI=1S/C21H25NO3/c1-14-6-5-7-16(12-14)20(25)22-18(13-19(23)24)15-8-10-17(11-9-15)21(2,3)4/h5-12,18H,13H2,1-4H3,(H,22,25)(H,23,24)/t18-/m1/s1. The number of amides is 1. The van der Waals surface area contributed by atoms with Crippen molar-refractivity contribution in [1.82, 2.24) is 5.32 Å². The Morgan fingerprint density at radius 1 is 1.08 bits per heavy atom. The molecule has 132 valence electrons. The number of carbonyl (C=O) groups excluding carboxylic acids is 1. The van der Waals surface area contributed by atoms with Gasteiger partial charge in [0.05, 0.1) is 12.5 Å². The van der Waals surface area contributed by atoms with Crippen molar-refractivity contribution in [3.8, 4) is 0 Å². The summed E-state index contributed by atoms with van der Waals surface area (Å²) in [6.07, 6.45) is -0.160. The summed E-state index contributed by atoms with van der Waals surface area (Å²) in [4.78, 5) is 23.7. The van der Waals surface area contributed by atoms with Crippen molar-refractivity contribution in [2.45, 2.75) is 45.6 Å². The lowest BCUT2D eigenvalue weighted by Gasteiger charge is -2.22. The van der Waals surface area contributed by atoms with Gasteiger partial charge < -0.3 is 10.4 Å². The first kappa shape index (κ1) is 18.7. The lowest BCUT2D eigenvalue weighted by molar-refractivity contribution is -0.137. The summed E-state index contributed by atoms with van der Waals surface area (Å²) in [5.41, 5.74) is 3.48. The molecular formula is C21H25NO3. The van der Waals surface area contributed by atoms with Crippen molar-refractivity contribution in [1.29, 1.82) is 0 Å². The fraction of sp³-hybridized carbons (Fsp3) is 0.333. The second kappa shape index (κ2) is 7.51. The molecule has 0 aliphatic heterocycles. The van der Waals surface area contributed by atoms with Crippen LogP contribution in [-0.4, -0.2) is 17.0 Å². The van der Waals surface area contributed by atoms with E-state index < -0.39 is 12.0 Å². The number of aryl methyl sites for hydroxylation is 1. The van der Waals surface area contributed by atoms with Gasteiger partial charge >= 0.3 is 5.97 Å². The lowest BCUT2D eigenvalue weighted by atomic mass is 9.86. The maximum absolute atomic E-state index is 12.5. The van der Waals surface area contributed by atoms with E-state index in [1.165, 1.54) is 0 Å². The van der Waals surface area contributed by atoms with Crippen LogP contribution in [-0.2, 0) is 10.2 Å². The first-order valence-electron chi connectivity index (χ1n) is 8.36. The highest BCUT2D eigenvalue weighted by Crippen LogP contribution is 2.25. The Hall–Kier alpha value is -2.62. The molecule has 0 fully saturated rings. The molecule has 0 aliphatic rings. The predicted molar refractivity (Wildman–Crippen MR) is 98.8 cm³/mol. The van der Waals surface area contributed by atoms with Crippen LogP contribution in [0, 0.1) is 6.92 Å². The van der Waals surface area contributed by atoms with Crippen LogP contribution in [0.3, 0.4) is 0 Å². The second-order valence-corrected chi connectivity index (χ2v) is 7.37. The topological polar surface area (TPSA) is 66.4 Å². The molecule has 1 amide bonds. The molecule has 0 spiro atoms. The number of hydrogen-bond donors (Lipinski definition) is 2. The van der Waals surface area contributed by atoms with E-state index in [4.69, 9.17) is 0 Å². The van der Waals surface area contributed by atoms with Crippen LogP contribution in [0.15, 0.2) is 48.5 Å². The van der Waals surface area contributed by atoms with Crippen LogP contribution in [0.4, 0.5) is 0 Å². The molecule has 2 aromatic carbocycles. The average Bonchev–Trinajstić information content (AvgIpc) is 2.53. The van der Waals surface area contributed by atoms with Crippen LogP contribution >= 0.6 is 0 Å². The summed E-state index contributed by atoms with van der Waals surface area (Å²) in [6.45, 7) is 8.28. The minimum Gasteiger partial charge on any atom is -0.481 e. The maximum atomic E-state index is 12.5. The van der Waals surface area contributed by atoms with E-state index >= 15 is 0 Å². The third-order valence-electron chi connectivity index (χ3n) is 4.14. The predicted octanol–water partition coefficient (Wildman–Crippen LogP) is 4.24. The zero-order valence-corrected chi connectivity index (χ0v) is 15.2. The summed E-state index contributed by atoms with van der Waals surface area (Å²) < 4.78 is 0. The van der Waals surface area contributed by atoms with Crippen LogP contribution in [0.5, 0.6) is 0 Å². The molecule has 2 aromatic rings. The minimum absolute atomic E-state index is 0.0195. The number of benzene rings is 2. The molecule has 25 heavy (non-hydrogen) atoms. The van der Waals surface area contributed by atoms with Gasteiger partial charge in [-0.25, -0.2) is 0 Å². The third-order valence-corrected chi connectivity index (χ3v) is 4.14. The molecule has 0 unspecified atom stereocenters. The second-order valence-electron chi connectivity index (χ2n) is 7.37. The van der Waals surface area contributed by atoms with Gasteiger partial charge in [-0.2, -0.15) is 0 Å². The van der Waals surface area contributed by atoms with E-state index in [2.05, 4.69) is 26.1 Å². The number of aliphatic carboxylic acids is 1. The highest BCUT2D eigenvalue weighted by atomic mass is 16.4. The van der Waals surface area contributed by atoms with E-state index in [1.54, 1.807) is 12.1 Å². The largest absolute Gasteiger partial charge is 0.481 e. The first-order chi connectivity index (χ1) is 11.7. The molecule has 2 rings (SSSR count). The van der Waals surface area contributed by atoms with E-state index in [9.17, 15) is 14.7 Å². The zero-order valence-electron chi connectivity index (χ0n) is 15.2. The number of carbonyl (C=O) groups is 2. The van der Waals surface area contributed by atoms with Crippen molar-refractivity contribution >= 4 is 11.9 Å². The Bertz CT molecular complexity index is 757. The summed E-state index contributed by atoms with van der Waals surface area (Å²) >= 11 is 0. The molecule has 0 aliphatic carbocycles. The van der Waals surface area contributed by atoms with Crippen molar-refractivity contribution in [2.75, 3.05) is 0 Å². The van der Waals surface area contributed by atoms with Crippen LogP contribution < -0.4 is 5.32 Å². The maximum Gasteiger partial charge on any atom is 0.305 e. The Morgan fingerprint density at radius 3 is 2.24 bits per heavy atom. The van der Waals surface area contributed by atoms with Crippen molar-refractivity contribution in [3.63, 3.8) is 0 Å². The van der Waals surface area contributed by atoms with E-state index in [1.807, 2.05) is 43.3 Å². The van der Waals surface area contributed by atoms with Gasteiger partial charge in [0.1, 0.15) is 0 Å². The number of carboxylic acid groups (broad SMARTS) is 1. The van der Waals surface area contributed by atoms with Crippen LogP contribution in [0.25, 0.3) is 0 Å². The number of carboxylic acids is 1.